The molecule has 126 valence electrons. The summed E-state index contributed by atoms with van der Waals surface area (Å²) in [6, 6.07) is 9.39. The van der Waals surface area contributed by atoms with Crippen molar-refractivity contribution >= 4 is 56.7 Å². The molecule has 0 unspecified atom stereocenters. The van der Waals surface area contributed by atoms with Gasteiger partial charge in [-0.25, -0.2) is 4.79 Å². The van der Waals surface area contributed by atoms with Crippen molar-refractivity contribution in [3.8, 4) is 0 Å². The Morgan fingerprint density at radius 1 is 1.08 bits per heavy atom. The van der Waals surface area contributed by atoms with Gasteiger partial charge in [0.15, 0.2) is 0 Å². The maximum atomic E-state index is 12.3. The Labute approximate surface area is 158 Å². The van der Waals surface area contributed by atoms with Crippen LogP contribution in [0.15, 0.2) is 40.9 Å². The fourth-order valence-corrected chi connectivity index (χ4v) is 2.90. The van der Waals surface area contributed by atoms with Crippen molar-refractivity contribution in [1.29, 1.82) is 0 Å². The first-order chi connectivity index (χ1) is 11.4. The van der Waals surface area contributed by atoms with Gasteiger partial charge in [0.1, 0.15) is 0 Å². The average molecular weight is 431 g/mol. The van der Waals surface area contributed by atoms with Gasteiger partial charge in [0, 0.05) is 20.1 Å². The van der Waals surface area contributed by atoms with Gasteiger partial charge in [-0.15, -0.1) is 0 Å². The maximum absolute atomic E-state index is 12.3. The van der Waals surface area contributed by atoms with Crippen molar-refractivity contribution in [1.82, 2.24) is 0 Å². The summed E-state index contributed by atoms with van der Waals surface area (Å²) in [7, 11) is 0. The molecule has 0 bridgehead atoms. The summed E-state index contributed by atoms with van der Waals surface area (Å²) < 4.78 is 5.64. The molecule has 0 spiro atoms. The van der Waals surface area contributed by atoms with E-state index in [-0.39, 0.29) is 5.91 Å². The topological polar surface area (TPSA) is 55.4 Å². The van der Waals surface area contributed by atoms with Gasteiger partial charge < -0.3 is 10.1 Å². The highest BCUT2D eigenvalue weighted by Gasteiger charge is 2.13. The zero-order valence-corrected chi connectivity index (χ0v) is 15.8. The van der Waals surface area contributed by atoms with Crippen LogP contribution < -0.4 is 5.32 Å². The molecule has 0 aliphatic heterocycles. The molecule has 2 rings (SSSR count). The number of carbonyl (C=O) groups is 2. The number of amides is 1. The van der Waals surface area contributed by atoms with Crippen LogP contribution >= 0.6 is 39.1 Å². The van der Waals surface area contributed by atoms with E-state index in [1.807, 2.05) is 6.92 Å². The number of halogens is 3. The molecule has 0 saturated heterocycles. The third kappa shape index (κ3) is 4.97. The van der Waals surface area contributed by atoms with Crippen molar-refractivity contribution < 1.29 is 14.3 Å². The van der Waals surface area contributed by atoms with Crippen molar-refractivity contribution in [2.45, 2.75) is 13.3 Å². The van der Waals surface area contributed by atoms with E-state index in [1.165, 1.54) is 12.1 Å². The molecule has 2 aromatic rings. The third-order valence-corrected chi connectivity index (χ3v) is 4.11. The number of benzene rings is 2. The summed E-state index contributed by atoms with van der Waals surface area (Å²) in [5.41, 5.74) is 1.26. The van der Waals surface area contributed by atoms with Gasteiger partial charge in [0.25, 0.3) is 5.91 Å². The van der Waals surface area contributed by atoms with Crippen LogP contribution in [0.3, 0.4) is 0 Å². The molecule has 0 fully saturated rings. The number of nitrogens with one attached hydrogen (secondary N) is 1. The second-order valence-electron chi connectivity index (χ2n) is 4.94. The van der Waals surface area contributed by atoms with E-state index in [1.54, 1.807) is 24.3 Å². The van der Waals surface area contributed by atoms with Crippen LogP contribution in [-0.2, 0) is 4.74 Å². The molecule has 1 amide bonds. The molecule has 0 radical (unpaired) electrons. The standard InChI is InChI=1S/C17H14BrCl2NO3/c1-2-5-24-17(23)10-3-4-15(14(18)8-10)21-16(22)11-6-12(19)9-13(20)7-11/h3-4,6-9H,2,5H2,1H3,(H,21,22). The van der Waals surface area contributed by atoms with Crippen LogP contribution in [0.4, 0.5) is 5.69 Å². The lowest BCUT2D eigenvalue weighted by Crippen LogP contribution is -2.13. The van der Waals surface area contributed by atoms with Gasteiger partial charge in [-0.3, -0.25) is 4.79 Å². The zero-order chi connectivity index (χ0) is 17.7. The Kier molecular flexibility index (Phi) is 6.66. The molecular weight excluding hydrogens is 417 g/mol. The lowest BCUT2D eigenvalue weighted by atomic mass is 10.2. The Bertz CT molecular complexity index is 760. The fourth-order valence-electron chi connectivity index (χ4n) is 1.90. The molecule has 0 saturated carbocycles. The SMILES string of the molecule is CCCOC(=O)c1ccc(NC(=O)c2cc(Cl)cc(Cl)c2)c(Br)c1. The van der Waals surface area contributed by atoms with Crippen LogP contribution in [0.2, 0.25) is 10.0 Å². The predicted octanol–water partition coefficient (Wildman–Crippen LogP) is 5.58. The molecule has 0 atom stereocenters. The minimum absolute atomic E-state index is 0.339. The third-order valence-electron chi connectivity index (χ3n) is 3.02. The number of carbonyl (C=O) groups excluding carboxylic acids is 2. The van der Waals surface area contributed by atoms with Gasteiger partial charge in [-0.05, 0) is 58.7 Å². The molecule has 0 aliphatic rings. The minimum atomic E-state index is -0.406. The van der Waals surface area contributed by atoms with E-state index in [2.05, 4.69) is 21.2 Å². The summed E-state index contributed by atoms with van der Waals surface area (Å²) in [6.45, 7) is 2.29. The Morgan fingerprint density at radius 3 is 2.33 bits per heavy atom. The van der Waals surface area contributed by atoms with Crippen LogP contribution in [0.1, 0.15) is 34.1 Å². The van der Waals surface area contributed by atoms with E-state index in [4.69, 9.17) is 27.9 Å². The van der Waals surface area contributed by atoms with Gasteiger partial charge >= 0.3 is 5.97 Å². The van der Waals surface area contributed by atoms with Gasteiger partial charge in [-0.2, -0.15) is 0 Å². The van der Waals surface area contributed by atoms with Crippen LogP contribution in [0.25, 0.3) is 0 Å². The highest BCUT2D eigenvalue weighted by molar-refractivity contribution is 9.10. The Morgan fingerprint density at radius 2 is 1.75 bits per heavy atom. The number of hydrogen-bond acceptors (Lipinski definition) is 3. The smallest absolute Gasteiger partial charge is 0.338 e. The lowest BCUT2D eigenvalue weighted by molar-refractivity contribution is 0.0505. The van der Waals surface area contributed by atoms with Crippen LogP contribution in [0.5, 0.6) is 0 Å². The normalized spacial score (nSPS) is 10.3. The summed E-state index contributed by atoms with van der Waals surface area (Å²) in [5, 5.41) is 3.49. The molecular formula is C17H14BrCl2NO3. The fraction of sp³-hybridized carbons (Fsp3) is 0.176. The van der Waals surface area contributed by atoms with E-state index in [0.717, 1.165) is 6.42 Å². The van der Waals surface area contributed by atoms with E-state index < -0.39 is 5.97 Å². The second kappa shape index (κ2) is 8.51. The number of ether oxygens (including phenoxy) is 1. The molecule has 1 N–H and O–H groups in total. The van der Waals surface area contributed by atoms with Gasteiger partial charge in [-0.1, -0.05) is 30.1 Å². The summed E-state index contributed by atoms with van der Waals surface area (Å²) in [6.07, 6.45) is 0.753. The largest absolute Gasteiger partial charge is 0.462 e. The Hall–Kier alpha value is -1.56. The first kappa shape index (κ1) is 18.8. The molecule has 7 heteroatoms. The molecule has 0 aromatic heterocycles. The first-order valence-corrected chi connectivity index (χ1v) is 8.69. The van der Waals surface area contributed by atoms with Crippen molar-refractivity contribution in [2.24, 2.45) is 0 Å². The second-order valence-corrected chi connectivity index (χ2v) is 6.67. The quantitative estimate of drug-likeness (QED) is 0.630. The predicted molar refractivity (Wildman–Crippen MR) is 99.1 cm³/mol. The molecule has 0 heterocycles. The number of rotatable bonds is 5. The lowest BCUT2D eigenvalue weighted by Gasteiger charge is -2.10. The number of hydrogen-bond donors (Lipinski definition) is 1. The molecule has 4 nitrogen and oxygen atoms in total. The van der Waals surface area contributed by atoms with Crippen molar-refractivity contribution in [2.75, 3.05) is 11.9 Å². The average Bonchev–Trinajstić information content (AvgIpc) is 2.53. The summed E-state index contributed by atoms with van der Waals surface area (Å²) in [5.74, 6) is -0.765. The van der Waals surface area contributed by atoms with Crippen LogP contribution in [-0.4, -0.2) is 18.5 Å². The van der Waals surface area contributed by atoms with Crippen molar-refractivity contribution in [3.63, 3.8) is 0 Å². The molecule has 24 heavy (non-hydrogen) atoms. The highest BCUT2D eigenvalue weighted by atomic mass is 79.9. The van der Waals surface area contributed by atoms with E-state index in [0.29, 0.717) is 37.9 Å². The van der Waals surface area contributed by atoms with Gasteiger partial charge in [0.05, 0.1) is 17.9 Å². The first-order valence-electron chi connectivity index (χ1n) is 7.15. The monoisotopic (exact) mass is 429 g/mol. The van der Waals surface area contributed by atoms with E-state index >= 15 is 0 Å². The van der Waals surface area contributed by atoms with Crippen LogP contribution in [0, 0.1) is 0 Å². The maximum Gasteiger partial charge on any atom is 0.338 e. The Balaban J connectivity index is 2.15. The molecule has 2 aromatic carbocycles. The van der Waals surface area contributed by atoms with E-state index in [9.17, 15) is 9.59 Å². The summed E-state index contributed by atoms with van der Waals surface area (Å²) in [4.78, 5) is 24.1. The van der Waals surface area contributed by atoms with Gasteiger partial charge in [0.2, 0.25) is 0 Å². The molecule has 0 aliphatic carbocycles. The summed E-state index contributed by atoms with van der Waals surface area (Å²) >= 11 is 15.1. The number of esters is 1. The highest BCUT2D eigenvalue weighted by Crippen LogP contribution is 2.26. The minimum Gasteiger partial charge on any atom is -0.462 e. The van der Waals surface area contributed by atoms with Crippen molar-refractivity contribution in [3.05, 3.63) is 62.0 Å². The number of anilines is 1. The zero-order valence-electron chi connectivity index (χ0n) is 12.7.